The van der Waals surface area contributed by atoms with E-state index in [1.54, 1.807) is 0 Å². The van der Waals surface area contributed by atoms with Crippen molar-refractivity contribution in [3.63, 3.8) is 0 Å². The molecule has 2 atom stereocenters. The molecule has 226 valence electrons. The molecule has 0 amide bonds. The average Bonchev–Trinajstić information content (AvgIpc) is 3.42. The van der Waals surface area contributed by atoms with Crippen LogP contribution in [0.2, 0.25) is 0 Å². The van der Waals surface area contributed by atoms with Crippen LogP contribution >= 0.6 is 0 Å². The first-order chi connectivity index (χ1) is 19.0. The molecule has 1 aromatic heterocycles. The van der Waals surface area contributed by atoms with Crippen molar-refractivity contribution in [3.05, 3.63) is 23.7 Å². The van der Waals surface area contributed by atoms with E-state index < -0.39 is 24.4 Å². The van der Waals surface area contributed by atoms with E-state index in [9.17, 15) is 9.59 Å². The molecule has 0 aromatic carbocycles. The fourth-order valence-electron chi connectivity index (χ4n) is 4.52. The Morgan fingerprint density at radius 1 is 0.538 bits per heavy atom. The maximum Gasteiger partial charge on any atom is 0.375 e. The molecule has 0 saturated heterocycles. The zero-order valence-corrected chi connectivity index (χ0v) is 24.2. The lowest BCUT2D eigenvalue weighted by Crippen LogP contribution is -2.27. The van der Waals surface area contributed by atoms with Crippen LogP contribution in [0.4, 0.5) is 0 Å². The van der Waals surface area contributed by atoms with Crippen molar-refractivity contribution in [2.75, 3.05) is 13.1 Å². The van der Waals surface area contributed by atoms with Crippen LogP contribution in [0.5, 0.6) is 0 Å². The Hall–Kier alpha value is -1.94. The summed E-state index contributed by atoms with van der Waals surface area (Å²) in [4.78, 5) is 24.6. The van der Waals surface area contributed by atoms with Gasteiger partial charge in [-0.15, -0.1) is 0 Å². The van der Waals surface area contributed by atoms with Crippen LogP contribution in [0.1, 0.15) is 150 Å². The number of carbonyl (C=O) groups is 2. The maximum absolute atomic E-state index is 12.3. The van der Waals surface area contributed by atoms with Crippen molar-refractivity contribution in [3.8, 4) is 0 Å². The van der Waals surface area contributed by atoms with Crippen LogP contribution in [-0.2, 0) is 9.47 Å². The number of rotatable bonds is 26. The molecule has 0 fully saturated rings. The molecule has 2 unspecified atom stereocenters. The van der Waals surface area contributed by atoms with E-state index in [1.807, 2.05) is 0 Å². The highest BCUT2D eigenvalue weighted by atomic mass is 16.6. The second kappa shape index (κ2) is 23.9. The van der Waals surface area contributed by atoms with E-state index in [-0.39, 0.29) is 11.5 Å². The lowest BCUT2D eigenvalue weighted by atomic mass is 10.1. The largest absolute Gasteiger partial charge is 0.442 e. The second-order valence-electron chi connectivity index (χ2n) is 10.6. The molecule has 9 nitrogen and oxygen atoms in total. The second-order valence-corrected chi connectivity index (χ2v) is 10.6. The van der Waals surface area contributed by atoms with Gasteiger partial charge in [0.25, 0.3) is 0 Å². The fourth-order valence-corrected chi connectivity index (χ4v) is 4.52. The van der Waals surface area contributed by atoms with Crippen molar-refractivity contribution in [1.82, 2.24) is 0 Å². The predicted molar refractivity (Wildman–Crippen MR) is 156 cm³/mol. The molecule has 8 N–H and O–H groups in total. The maximum atomic E-state index is 12.3. The van der Waals surface area contributed by atoms with Crippen LogP contribution < -0.4 is 22.9 Å². The summed E-state index contributed by atoms with van der Waals surface area (Å²) in [5, 5.41) is 0. The van der Waals surface area contributed by atoms with Gasteiger partial charge in [-0.25, -0.2) is 9.59 Å². The zero-order chi connectivity index (χ0) is 28.6. The van der Waals surface area contributed by atoms with E-state index in [2.05, 4.69) is 0 Å². The van der Waals surface area contributed by atoms with Gasteiger partial charge in [-0.1, -0.05) is 89.9 Å². The smallest absolute Gasteiger partial charge is 0.375 e. The summed E-state index contributed by atoms with van der Waals surface area (Å²) in [7, 11) is 0. The number of ether oxygens (including phenoxy) is 2. The van der Waals surface area contributed by atoms with Crippen molar-refractivity contribution < 1.29 is 23.5 Å². The topological polar surface area (TPSA) is 170 Å². The third kappa shape index (κ3) is 18.9. The summed E-state index contributed by atoms with van der Waals surface area (Å²) < 4.78 is 15.9. The number of carbonyl (C=O) groups excluding carboxylic acids is 2. The van der Waals surface area contributed by atoms with Gasteiger partial charge in [0.05, 0.1) is 0 Å². The van der Waals surface area contributed by atoms with E-state index in [1.165, 1.54) is 76.3 Å². The number of furan rings is 1. The minimum Gasteiger partial charge on any atom is -0.442 e. The minimum absolute atomic E-state index is 0.0800. The van der Waals surface area contributed by atoms with Gasteiger partial charge in [-0.05, 0) is 63.7 Å². The molecule has 0 bridgehead atoms. The van der Waals surface area contributed by atoms with Crippen molar-refractivity contribution in [1.29, 1.82) is 0 Å². The highest BCUT2D eigenvalue weighted by molar-refractivity contribution is 5.90. The van der Waals surface area contributed by atoms with Gasteiger partial charge >= 0.3 is 11.9 Å². The van der Waals surface area contributed by atoms with Gasteiger partial charge in [0, 0.05) is 0 Å². The quantitative estimate of drug-likeness (QED) is 0.0622. The monoisotopic (exact) mass is 552 g/mol. The van der Waals surface area contributed by atoms with Gasteiger partial charge in [0.1, 0.15) is 0 Å². The van der Waals surface area contributed by atoms with Crippen LogP contribution in [-0.4, -0.2) is 37.5 Å². The highest BCUT2D eigenvalue weighted by Crippen LogP contribution is 2.16. The molecule has 0 radical (unpaired) electrons. The van der Waals surface area contributed by atoms with Crippen LogP contribution in [0.25, 0.3) is 0 Å². The molecule has 0 saturated carbocycles. The Kier molecular flexibility index (Phi) is 21.5. The highest BCUT2D eigenvalue weighted by Gasteiger charge is 2.21. The summed E-state index contributed by atoms with van der Waals surface area (Å²) >= 11 is 0. The van der Waals surface area contributed by atoms with E-state index in [0.717, 1.165) is 64.5 Å². The molecular weight excluding hydrogens is 496 g/mol. The predicted octanol–water partition coefficient (Wildman–Crippen LogP) is 5.88. The number of nitrogens with two attached hydrogens (primary N) is 4. The summed E-state index contributed by atoms with van der Waals surface area (Å²) in [5.74, 6) is -1.54. The Morgan fingerprint density at radius 3 is 1.13 bits per heavy atom. The summed E-state index contributed by atoms with van der Waals surface area (Å²) in [6.45, 7) is 1.56. The van der Waals surface area contributed by atoms with Crippen molar-refractivity contribution >= 4 is 11.9 Å². The Labute approximate surface area is 236 Å². The molecule has 0 aliphatic carbocycles. The molecule has 0 aliphatic heterocycles. The summed E-state index contributed by atoms with van der Waals surface area (Å²) in [6.07, 6.45) is 20.6. The van der Waals surface area contributed by atoms with Gasteiger partial charge in [0.2, 0.25) is 11.5 Å². The molecular formula is C30H56N4O5. The van der Waals surface area contributed by atoms with Crippen LogP contribution in [0.15, 0.2) is 16.5 Å². The lowest BCUT2D eigenvalue weighted by molar-refractivity contribution is 0.0223. The Morgan fingerprint density at radius 2 is 0.821 bits per heavy atom. The third-order valence-electron chi connectivity index (χ3n) is 6.91. The third-order valence-corrected chi connectivity index (χ3v) is 6.91. The first-order valence-electron chi connectivity index (χ1n) is 15.4. The van der Waals surface area contributed by atoms with Crippen LogP contribution in [0, 0.1) is 0 Å². The van der Waals surface area contributed by atoms with Gasteiger partial charge in [0.15, 0.2) is 12.5 Å². The van der Waals surface area contributed by atoms with E-state index in [4.69, 9.17) is 36.8 Å². The first-order valence-corrected chi connectivity index (χ1v) is 15.4. The van der Waals surface area contributed by atoms with Crippen molar-refractivity contribution in [2.45, 2.75) is 141 Å². The fraction of sp³-hybridized carbons (Fsp3) is 0.800. The summed E-state index contributed by atoms with van der Waals surface area (Å²) in [5.41, 5.74) is 22.9. The first kappa shape index (κ1) is 35.1. The van der Waals surface area contributed by atoms with Gasteiger partial charge < -0.3 is 25.4 Å². The molecule has 1 heterocycles. The molecule has 0 spiro atoms. The van der Waals surface area contributed by atoms with Gasteiger partial charge in [-0.2, -0.15) is 0 Å². The molecule has 1 rings (SSSR count). The standard InChI is InChI=1S/C30H56N4O5/c31-23-17-13-9-5-1-3-7-11-15-19-27(33)38-29(35)25-21-22-26(37-25)30(36)39-28(34)20-16-12-8-4-2-6-10-14-18-24-32/h21-22,27-28H,1-20,23-24,31-34H2. The minimum atomic E-state index is -0.709. The number of unbranched alkanes of at least 4 members (excludes halogenated alkanes) is 16. The average molecular weight is 553 g/mol. The Bertz CT molecular complexity index is 684. The molecule has 0 aliphatic rings. The Balaban J connectivity index is 2.13. The normalized spacial score (nSPS) is 12.8. The van der Waals surface area contributed by atoms with Gasteiger partial charge in [-0.3, -0.25) is 11.5 Å². The van der Waals surface area contributed by atoms with Crippen molar-refractivity contribution in [2.24, 2.45) is 22.9 Å². The summed E-state index contributed by atoms with van der Waals surface area (Å²) in [6, 6.07) is 2.78. The van der Waals surface area contributed by atoms with E-state index in [0.29, 0.717) is 12.8 Å². The molecule has 1 aromatic rings. The zero-order valence-electron chi connectivity index (χ0n) is 24.2. The molecule has 39 heavy (non-hydrogen) atoms. The van der Waals surface area contributed by atoms with Crippen LogP contribution in [0.3, 0.4) is 0 Å². The van der Waals surface area contributed by atoms with E-state index >= 15 is 0 Å². The lowest BCUT2D eigenvalue weighted by Gasteiger charge is -2.12. The number of hydrogen-bond acceptors (Lipinski definition) is 9. The SMILES string of the molecule is NCCCCCCCCCCCC(N)OC(=O)c1ccc(C(=O)OC(N)CCCCCCCCCCCN)o1. The number of hydrogen-bond donors (Lipinski definition) is 4. The number of esters is 2. The molecule has 9 heteroatoms.